The number of fused-ring (bicyclic) bond motifs is 29. The fourth-order valence-electron chi connectivity index (χ4n) is 20.0. The molecule has 5 aliphatic rings. The van der Waals surface area contributed by atoms with Gasteiger partial charge >= 0.3 is 0 Å². The van der Waals surface area contributed by atoms with E-state index in [9.17, 15) is 0 Å². The molecule has 3 heterocycles. The molecule has 0 saturated carbocycles. The van der Waals surface area contributed by atoms with Gasteiger partial charge in [-0.3, -0.25) is 0 Å². The number of hydrogen-bond donors (Lipinski definition) is 0. The fourth-order valence-corrected chi connectivity index (χ4v) is 20.0. The van der Waals surface area contributed by atoms with Crippen molar-refractivity contribution in [3.63, 3.8) is 0 Å². The molecule has 21 rings (SSSR count). The fraction of sp³-hybridized carbons (Fsp3) is 0.196. The van der Waals surface area contributed by atoms with Crippen molar-refractivity contribution in [3.05, 3.63) is 292 Å². The second-order valence-corrected chi connectivity index (χ2v) is 33.4. The number of nitrogens with zero attached hydrogens (tertiary/aromatic N) is 1. The molecule has 0 saturated heterocycles. The van der Waals surface area contributed by atoms with Crippen LogP contribution in [0.5, 0.6) is 0 Å². The number of rotatable bonds is 5. The predicted octanol–water partition coefficient (Wildman–Crippen LogP) is 27.0. The molecule has 13 aromatic carbocycles. The van der Waals surface area contributed by atoms with Gasteiger partial charge in [-0.2, -0.15) is 0 Å². The predicted molar refractivity (Wildman–Crippen MR) is 420 cm³/mol. The molecular formula is C97H77NO3. The van der Waals surface area contributed by atoms with E-state index >= 15 is 0 Å². The Morgan fingerprint density at radius 1 is 0.267 bits per heavy atom. The first kappa shape index (κ1) is 59.0. The third-order valence-electron chi connectivity index (χ3n) is 25.2. The summed E-state index contributed by atoms with van der Waals surface area (Å²) in [5.41, 5.74) is 39.1. The van der Waals surface area contributed by atoms with Crippen molar-refractivity contribution >= 4 is 82.9 Å². The first-order valence-electron chi connectivity index (χ1n) is 36.2. The van der Waals surface area contributed by atoms with Crippen molar-refractivity contribution in [3.8, 4) is 77.9 Å². The number of hydrogen-bond acceptors (Lipinski definition) is 4. The maximum absolute atomic E-state index is 7.17. The van der Waals surface area contributed by atoms with Crippen LogP contribution in [0, 0.1) is 0 Å². The number of para-hydroxylation sites is 3. The highest BCUT2D eigenvalue weighted by atomic mass is 16.3. The van der Waals surface area contributed by atoms with Gasteiger partial charge in [-0.25, -0.2) is 0 Å². The van der Waals surface area contributed by atoms with E-state index < -0.39 is 16.2 Å². The molecule has 16 aromatic rings. The normalized spacial score (nSPS) is 16.2. The van der Waals surface area contributed by atoms with Crippen LogP contribution in [-0.4, -0.2) is 0 Å². The summed E-state index contributed by atoms with van der Waals surface area (Å²) in [5.74, 6) is 0. The number of anilines is 3. The highest BCUT2D eigenvalue weighted by Gasteiger charge is 2.50. The largest absolute Gasteiger partial charge is 0.455 e. The van der Waals surface area contributed by atoms with E-state index in [-0.39, 0.29) is 16.2 Å². The summed E-state index contributed by atoms with van der Waals surface area (Å²) in [6.07, 6.45) is 0. The summed E-state index contributed by atoms with van der Waals surface area (Å²) in [5, 5.41) is 6.99. The Bertz CT molecular complexity index is 6450. The van der Waals surface area contributed by atoms with E-state index in [1.165, 1.54) is 139 Å². The van der Waals surface area contributed by atoms with Crippen molar-refractivity contribution in [2.45, 2.75) is 122 Å². The summed E-state index contributed by atoms with van der Waals surface area (Å²) in [7, 11) is 0. The lowest BCUT2D eigenvalue weighted by Crippen LogP contribution is -2.24. The average Bonchev–Trinajstić information content (AvgIpc) is 1.51. The molecule has 0 bridgehead atoms. The topological polar surface area (TPSA) is 42.7 Å². The SMILES string of the molecule is CC(C)(C)c1ccc(-c2cc3c(c4c2oc2ccccc24)-c2ccc(N(c4ccc5c(c4)C(C)(C)c4cc(-c6ccc7c(c6)C(C)(C)c6ccccc6-7)c6oc7ccccc7c6c4-5)c4ccc5c(c4)C(C)(C)c4c6c(c7oc8ccccc8c7c4-5)-c4ccccc4C6(C)C)cc2C3(C)C)cc1. The Balaban J connectivity index is 0.783. The van der Waals surface area contributed by atoms with Gasteiger partial charge in [-0.1, -0.05) is 248 Å². The van der Waals surface area contributed by atoms with Gasteiger partial charge in [0.2, 0.25) is 0 Å². The molecule has 0 atom stereocenters. The third-order valence-corrected chi connectivity index (χ3v) is 25.2. The molecule has 3 aromatic heterocycles. The molecule has 101 heavy (non-hydrogen) atoms. The van der Waals surface area contributed by atoms with Crippen molar-refractivity contribution in [1.29, 1.82) is 0 Å². The van der Waals surface area contributed by atoms with Gasteiger partial charge in [0.25, 0.3) is 0 Å². The lowest BCUT2D eigenvalue weighted by Gasteiger charge is -2.32. The van der Waals surface area contributed by atoms with Crippen molar-refractivity contribution < 1.29 is 13.3 Å². The molecule has 0 N–H and O–H groups in total. The maximum Gasteiger partial charge on any atom is 0.144 e. The van der Waals surface area contributed by atoms with E-state index in [1.807, 2.05) is 0 Å². The number of furan rings is 3. The monoisotopic (exact) mass is 1300 g/mol. The summed E-state index contributed by atoms with van der Waals surface area (Å²) >= 11 is 0. The van der Waals surface area contributed by atoms with Gasteiger partial charge in [0.1, 0.15) is 33.5 Å². The second-order valence-electron chi connectivity index (χ2n) is 33.4. The minimum absolute atomic E-state index is 0.0251. The molecule has 488 valence electrons. The highest BCUT2D eigenvalue weighted by Crippen LogP contribution is 2.65. The van der Waals surface area contributed by atoms with Gasteiger partial charge in [0.15, 0.2) is 0 Å². The van der Waals surface area contributed by atoms with Crippen molar-refractivity contribution in [2.75, 3.05) is 4.90 Å². The van der Waals surface area contributed by atoms with E-state index in [4.69, 9.17) is 13.3 Å². The first-order valence-corrected chi connectivity index (χ1v) is 36.2. The zero-order valence-electron chi connectivity index (χ0n) is 59.6. The van der Waals surface area contributed by atoms with Crippen LogP contribution >= 0.6 is 0 Å². The van der Waals surface area contributed by atoms with E-state index in [2.05, 4.69) is 325 Å². The Morgan fingerprint density at radius 3 is 1.15 bits per heavy atom. The zero-order valence-corrected chi connectivity index (χ0v) is 59.6. The van der Waals surface area contributed by atoms with Crippen LogP contribution in [0.15, 0.2) is 244 Å². The zero-order chi connectivity index (χ0) is 68.7. The Labute approximate surface area is 589 Å². The van der Waals surface area contributed by atoms with Crippen LogP contribution in [0.3, 0.4) is 0 Å². The minimum atomic E-state index is -0.421. The molecule has 0 unspecified atom stereocenters. The van der Waals surface area contributed by atoms with E-state index in [1.54, 1.807) is 0 Å². The van der Waals surface area contributed by atoms with E-state index in [0.29, 0.717) is 0 Å². The summed E-state index contributed by atoms with van der Waals surface area (Å²) < 4.78 is 21.4. The van der Waals surface area contributed by atoms with E-state index in [0.717, 1.165) is 83.4 Å². The van der Waals surface area contributed by atoms with Crippen LogP contribution in [0.25, 0.3) is 144 Å². The van der Waals surface area contributed by atoms with Crippen LogP contribution < -0.4 is 4.90 Å². The first-order chi connectivity index (χ1) is 48.5. The van der Waals surface area contributed by atoms with Gasteiger partial charge < -0.3 is 18.2 Å². The molecule has 0 spiro atoms. The summed E-state index contributed by atoms with van der Waals surface area (Å²) in [6.45, 7) is 31.2. The quantitative estimate of drug-likeness (QED) is 0.172. The second kappa shape index (κ2) is 19.3. The smallest absolute Gasteiger partial charge is 0.144 e. The lowest BCUT2D eigenvalue weighted by molar-refractivity contribution is 0.590. The molecule has 0 fully saturated rings. The lowest BCUT2D eigenvalue weighted by atomic mass is 9.72. The van der Waals surface area contributed by atoms with Crippen LogP contribution in [0.4, 0.5) is 17.1 Å². The van der Waals surface area contributed by atoms with Crippen molar-refractivity contribution in [2.24, 2.45) is 0 Å². The Hall–Kier alpha value is -10.9. The van der Waals surface area contributed by atoms with Gasteiger partial charge in [0, 0.05) is 93.1 Å². The Morgan fingerprint density at radius 2 is 0.624 bits per heavy atom. The molecule has 0 amide bonds. The van der Waals surface area contributed by atoms with Crippen LogP contribution in [0.2, 0.25) is 0 Å². The molecular weight excluding hydrogens is 1230 g/mol. The van der Waals surface area contributed by atoms with Gasteiger partial charge in [0.05, 0.1) is 0 Å². The standard InChI is InChI=1S/C97H77NO3/c1-92(2,3)54-37-34-52(35-38-54)67-50-75-80(83-64-26-16-21-31-77(64)99-89(67)83)61-43-39-55(47-72(61)94(75,6)7)98(57-41-45-63-74(49-57)97(12,13)87-82(63)85-66-28-18-23-33-79(66)101-91(85)86-60-25-15-20-30-70(60)96(10,11)88(86)87)56-40-44-62-73(48-56)95(8,9)76-51-68(90-84(81(62)76)65-27-17-22-32-78(65)100-90)53-36-42-59-58-24-14-19-29-69(58)93(4,5)71(59)46-53/h14-51H,1-13H3. The third kappa shape index (κ3) is 7.50. The molecule has 4 nitrogen and oxygen atoms in total. The molecule has 0 aliphatic heterocycles. The average molecular weight is 1300 g/mol. The molecule has 0 radical (unpaired) electrons. The van der Waals surface area contributed by atoms with Gasteiger partial charge in [-0.15, -0.1) is 0 Å². The number of benzene rings is 13. The van der Waals surface area contributed by atoms with Gasteiger partial charge in [-0.05, 0) is 201 Å². The highest BCUT2D eigenvalue weighted by molar-refractivity contribution is 6.23. The summed E-state index contributed by atoms with van der Waals surface area (Å²) in [6, 6.07) is 87.4. The minimum Gasteiger partial charge on any atom is -0.455 e. The van der Waals surface area contributed by atoms with Crippen molar-refractivity contribution in [1.82, 2.24) is 0 Å². The van der Waals surface area contributed by atoms with Crippen LogP contribution in [-0.2, 0) is 32.5 Å². The molecule has 4 heteroatoms. The Kier molecular flexibility index (Phi) is 11.3. The maximum atomic E-state index is 7.17. The molecule has 5 aliphatic carbocycles. The summed E-state index contributed by atoms with van der Waals surface area (Å²) in [4.78, 5) is 2.58. The van der Waals surface area contributed by atoms with Crippen LogP contribution in [0.1, 0.15) is 151 Å².